The van der Waals surface area contributed by atoms with Gasteiger partial charge < -0.3 is 19.6 Å². The van der Waals surface area contributed by atoms with E-state index in [0.717, 1.165) is 37.8 Å². The van der Waals surface area contributed by atoms with Crippen LogP contribution >= 0.6 is 0 Å². The average molecular weight is 250 g/mol. The van der Waals surface area contributed by atoms with E-state index >= 15 is 0 Å². The minimum Gasteiger partial charge on any atom is -0.338 e. The molecule has 0 bridgehead atoms. The van der Waals surface area contributed by atoms with Crippen molar-refractivity contribution in [3.8, 4) is 0 Å². The van der Waals surface area contributed by atoms with E-state index in [0.29, 0.717) is 5.92 Å². The van der Waals surface area contributed by atoms with Crippen LogP contribution < -0.4 is 10.2 Å². The smallest absolute Gasteiger partial charge is 0.227 e. The van der Waals surface area contributed by atoms with E-state index in [1.165, 1.54) is 25.9 Å². The number of piperazine rings is 1. The Balaban J connectivity index is 1.65. The largest absolute Gasteiger partial charge is 0.338 e. The number of nitrogens with one attached hydrogen (secondary N) is 1. The van der Waals surface area contributed by atoms with Crippen molar-refractivity contribution >= 4 is 5.88 Å². The van der Waals surface area contributed by atoms with Gasteiger partial charge in [-0.1, -0.05) is 5.16 Å². The van der Waals surface area contributed by atoms with Crippen LogP contribution in [0.15, 0.2) is 10.6 Å². The number of likely N-dealkylation sites (tertiary alicyclic amines) is 1. The molecule has 0 saturated carbocycles. The maximum Gasteiger partial charge on any atom is 0.227 e. The first kappa shape index (κ1) is 12.0. The maximum atomic E-state index is 5.52. The molecule has 0 aliphatic carbocycles. The summed E-state index contributed by atoms with van der Waals surface area (Å²) in [6.07, 6.45) is 2.40. The minimum absolute atomic E-state index is 0.585. The molecule has 5 heteroatoms. The third-order valence-electron chi connectivity index (χ3n) is 4.08. The van der Waals surface area contributed by atoms with Crippen molar-refractivity contribution in [2.75, 3.05) is 51.2 Å². The second-order valence-corrected chi connectivity index (χ2v) is 5.40. The monoisotopic (exact) mass is 250 g/mol. The summed E-state index contributed by atoms with van der Waals surface area (Å²) in [5.74, 6) is 1.53. The highest BCUT2D eigenvalue weighted by Crippen LogP contribution is 2.29. The van der Waals surface area contributed by atoms with E-state index < -0.39 is 0 Å². The third-order valence-corrected chi connectivity index (χ3v) is 4.08. The van der Waals surface area contributed by atoms with Gasteiger partial charge in [-0.15, -0.1) is 0 Å². The quantitative estimate of drug-likeness (QED) is 0.844. The Morgan fingerprint density at radius 3 is 2.67 bits per heavy atom. The highest BCUT2D eigenvalue weighted by Gasteiger charge is 2.23. The molecule has 0 atom stereocenters. The lowest BCUT2D eigenvalue weighted by Gasteiger charge is -2.27. The maximum absolute atomic E-state index is 5.52. The Hall–Kier alpha value is -1.07. The molecule has 3 rings (SSSR count). The molecule has 2 saturated heterocycles. The number of hydrogen-bond donors (Lipinski definition) is 1. The Labute approximate surface area is 108 Å². The molecule has 1 N–H and O–H groups in total. The molecule has 0 spiro atoms. The molecular formula is C13H22N4O. The number of anilines is 1. The van der Waals surface area contributed by atoms with E-state index in [9.17, 15) is 0 Å². The van der Waals surface area contributed by atoms with Crippen molar-refractivity contribution in [2.24, 2.45) is 0 Å². The molecule has 18 heavy (non-hydrogen) atoms. The molecule has 5 nitrogen and oxygen atoms in total. The highest BCUT2D eigenvalue weighted by atomic mass is 16.5. The van der Waals surface area contributed by atoms with Gasteiger partial charge in [-0.05, 0) is 33.0 Å². The lowest BCUT2D eigenvalue weighted by molar-refractivity contribution is 0.249. The SMILES string of the molecule is CN1CCC(c2cc(N3CCNCC3)on2)CC1. The summed E-state index contributed by atoms with van der Waals surface area (Å²) >= 11 is 0. The first-order chi connectivity index (χ1) is 8.83. The van der Waals surface area contributed by atoms with E-state index in [1.807, 2.05) is 0 Å². The van der Waals surface area contributed by atoms with Crippen molar-refractivity contribution in [3.05, 3.63) is 11.8 Å². The summed E-state index contributed by atoms with van der Waals surface area (Å²) in [4.78, 5) is 4.66. The van der Waals surface area contributed by atoms with Gasteiger partial charge in [0.05, 0.1) is 5.69 Å². The van der Waals surface area contributed by atoms with E-state index in [4.69, 9.17) is 4.52 Å². The summed E-state index contributed by atoms with van der Waals surface area (Å²) in [5, 5.41) is 7.63. The van der Waals surface area contributed by atoms with Crippen molar-refractivity contribution in [2.45, 2.75) is 18.8 Å². The minimum atomic E-state index is 0.585. The third kappa shape index (κ3) is 2.52. The lowest BCUT2D eigenvalue weighted by Crippen LogP contribution is -2.43. The second kappa shape index (κ2) is 5.28. The summed E-state index contributed by atoms with van der Waals surface area (Å²) < 4.78 is 5.52. The van der Waals surface area contributed by atoms with Gasteiger partial charge in [-0.2, -0.15) is 0 Å². The number of nitrogens with zero attached hydrogens (tertiary/aromatic N) is 3. The van der Waals surface area contributed by atoms with Crippen molar-refractivity contribution in [3.63, 3.8) is 0 Å². The fourth-order valence-corrected chi connectivity index (χ4v) is 2.81. The molecule has 0 unspecified atom stereocenters. The Morgan fingerprint density at radius 2 is 1.94 bits per heavy atom. The molecule has 100 valence electrons. The average Bonchev–Trinajstić information content (AvgIpc) is 2.90. The molecule has 1 aromatic heterocycles. The zero-order valence-corrected chi connectivity index (χ0v) is 11.1. The van der Waals surface area contributed by atoms with Gasteiger partial charge in [0.2, 0.25) is 5.88 Å². The van der Waals surface area contributed by atoms with Gasteiger partial charge in [0.15, 0.2) is 0 Å². The van der Waals surface area contributed by atoms with Crippen LogP contribution in [0.25, 0.3) is 0 Å². The molecular weight excluding hydrogens is 228 g/mol. The van der Waals surface area contributed by atoms with Gasteiger partial charge in [-0.25, -0.2) is 0 Å². The first-order valence-electron chi connectivity index (χ1n) is 6.94. The van der Waals surface area contributed by atoms with E-state index in [2.05, 4.69) is 33.4 Å². The standard InChI is InChI=1S/C13H22N4O/c1-16-6-2-11(3-7-16)12-10-13(18-15-12)17-8-4-14-5-9-17/h10-11,14H,2-9H2,1H3. The van der Waals surface area contributed by atoms with Crippen LogP contribution in [0.3, 0.4) is 0 Å². The van der Waals surface area contributed by atoms with Crippen molar-refractivity contribution in [1.82, 2.24) is 15.4 Å². The summed E-state index contributed by atoms with van der Waals surface area (Å²) in [6, 6.07) is 2.15. The number of piperidine rings is 1. The van der Waals surface area contributed by atoms with Gasteiger partial charge in [0.25, 0.3) is 0 Å². The van der Waals surface area contributed by atoms with Gasteiger partial charge in [-0.3, -0.25) is 0 Å². The second-order valence-electron chi connectivity index (χ2n) is 5.40. The van der Waals surface area contributed by atoms with E-state index in [-0.39, 0.29) is 0 Å². The van der Waals surface area contributed by atoms with E-state index in [1.54, 1.807) is 0 Å². The van der Waals surface area contributed by atoms with Crippen LogP contribution in [-0.2, 0) is 0 Å². The van der Waals surface area contributed by atoms with Crippen LogP contribution in [0.4, 0.5) is 5.88 Å². The molecule has 0 amide bonds. The van der Waals surface area contributed by atoms with Crippen LogP contribution in [0, 0.1) is 0 Å². The lowest BCUT2D eigenvalue weighted by atomic mass is 9.94. The summed E-state index contributed by atoms with van der Waals surface area (Å²) in [6.45, 7) is 6.43. The van der Waals surface area contributed by atoms with Gasteiger partial charge >= 0.3 is 0 Å². The predicted octanol–water partition coefficient (Wildman–Crippen LogP) is 0.893. The van der Waals surface area contributed by atoms with Crippen LogP contribution in [0.2, 0.25) is 0 Å². The molecule has 2 aliphatic rings. The first-order valence-corrected chi connectivity index (χ1v) is 6.94. The fraction of sp³-hybridized carbons (Fsp3) is 0.769. The Bertz CT molecular complexity index is 378. The predicted molar refractivity (Wildman–Crippen MR) is 71.1 cm³/mol. The fourth-order valence-electron chi connectivity index (χ4n) is 2.81. The van der Waals surface area contributed by atoms with Crippen LogP contribution in [-0.4, -0.2) is 56.4 Å². The number of hydrogen-bond acceptors (Lipinski definition) is 5. The molecule has 2 aliphatic heterocycles. The normalized spacial score (nSPS) is 23.5. The Kier molecular flexibility index (Phi) is 3.52. The Morgan fingerprint density at radius 1 is 1.22 bits per heavy atom. The van der Waals surface area contributed by atoms with Gasteiger partial charge in [0.1, 0.15) is 0 Å². The summed E-state index contributed by atoms with van der Waals surface area (Å²) in [5.41, 5.74) is 1.15. The number of aromatic nitrogens is 1. The zero-order valence-electron chi connectivity index (χ0n) is 11.1. The topological polar surface area (TPSA) is 44.5 Å². The highest BCUT2D eigenvalue weighted by molar-refractivity contribution is 5.37. The molecule has 3 heterocycles. The molecule has 2 fully saturated rings. The molecule has 0 radical (unpaired) electrons. The van der Waals surface area contributed by atoms with Gasteiger partial charge in [0, 0.05) is 38.2 Å². The van der Waals surface area contributed by atoms with Crippen molar-refractivity contribution < 1.29 is 4.52 Å². The van der Waals surface area contributed by atoms with Crippen molar-refractivity contribution in [1.29, 1.82) is 0 Å². The van der Waals surface area contributed by atoms with Crippen LogP contribution in [0.5, 0.6) is 0 Å². The number of rotatable bonds is 2. The van der Waals surface area contributed by atoms with Crippen LogP contribution in [0.1, 0.15) is 24.5 Å². The zero-order chi connectivity index (χ0) is 12.4. The molecule has 0 aromatic carbocycles. The molecule has 1 aromatic rings. The summed E-state index contributed by atoms with van der Waals surface area (Å²) in [7, 11) is 2.19.